The Hall–Kier alpha value is -2.76. The van der Waals surface area contributed by atoms with Gasteiger partial charge in [-0.1, -0.05) is 12.1 Å². The Bertz CT molecular complexity index is 622. The number of aromatic nitrogens is 1. The summed E-state index contributed by atoms with van der Waals surface area (Å²) in [5.41, 5.74) is 3.23. The zero-order valence-electron chi connectivity index (χ0n) is 10.6. The van der Waals surface area contributed by atoms with E-state index in [0.717, 1.165) is 5.69 Å². The van der Waals surface area contributed by atoms with Crippen LogP contribution >= 0.6 is 0 Å². The summed E-state index contributed by atoms with van der Waals surface area (Å²) in [6, 6.07) is 10.9. The fourth-order valence-corrected chi connectivity index (χ4v) is 1.81. The molecule has 6 nitrogen and oxygen atoms in total. The molecular formula is C14H13N3O3. The van der Waals surface area contributed by atoms with Crippen molar-refractivity contribution < 1.29 is 14.3 Å². The van der Waals surface area contributed by atoms with Crippen molar-refractivity contribution in [1.29, 1.82) is 0 Å². The number of carbonyl (C=O) groups is 1. The SMILES string of the molecule is O=C(N/N=C/c1ccc[nH]1)[C@@H]1COc2ccccc2O1. The van der Waals surface area contributed by atoms with Crippen LogP contribution in [0, 0.1) is 0 Å². The first-order chi connectivity index (χ1) is 9.83. The Morgan fingerprint density at radius 2 is 2.15 bits per heavy atom. The quantitative estimate of drug-likeness (QED) is 0.652. The molecule has 2 aromatic rings. The number of carbonyl (C=O) groups excluding carboxylic acids is 1. The van der Waals surface area contributed by atoms with E-state index >= 15 is 0 Å². The van der Waals surface area contributed by atoms with Gasteiger partial charge in [-0.15, -0.1) is 0 Å². The zero-order valence-corrected chi connectivity index (χ0v) is 10.6. The number of hydrogen-bond acceptors (Lipinski definition) is 4. The van der Waals surface area contributed by atoms with Gasteiger partial charge in [0, 0.05) is 6.20 Å². The van der Waals surface area contributed by atoms with Gasteiger partial charge in [-0.05, 0) is 24.3 Å². The molecule has 102 valence electrons. The number of ether oxygens (including phenoxy) is 2. The van der Waals surface area contributed by atoms with E-state index in [1.54, 1.807) is 18.3 Å². The molecule has 0 saturated heterocycles. The maximum absolute atomic E-state index is 11.9. The minimum absolute atomic E-state index is 0.168. The summed E-state index contributed by atoms with van der Waals surface area (Å²) in [6.45, 7) is 0.168. The van der Waals surface area contributed by atoms with Crippen LogP contribution in [0.1, 0.15) is 5.69 Å². The van der Waals surface area contributed by atoms with Crippen LogP contribution in [0.25, 0.3) is 0 Å². The van der Waals surface area contributed by atoms with E-state index in [1.807, 2.05) is 24.3 Å². The van der Waals surface area contributed by atoms with Crippen molar-refractivity contribution in [3.05, 3.63) is 48.3 Å². The Morgan fingerprint density at radius 3 is 2.95 bits per heavy atom. The summed E-state index contributed by atoms with van der Waals surface area (Å²) in [7, 11) is 0. The molecule has 0 fully saturated rings. The summed E-state index contributed by atoms with van der Waals surface area (Å²) in [5, 5.41) is 3.85. The largest absolute Gasteiger partial charge is 0.485 e. The molecule has 1 aromatic heterocycles. The highest BCUT2D eigenvalue weighted by molar-refractivity contribution is 5.84. The summed E-state index contributed by atoms with van der Waals surface area (Å²) in [5.74, 6) is 0.862. The van der Waals surface area contributed by atoms with E-state index in [4.69, 9.17) is 9.47 Å². The first kappa shape index (κ1) is 12.3. The van der Waals surface area contributed by atoms with Crippen LogP contribution in [0.3, 0.4) is 0 Å². The summed E-state index contributed by atoms with van der Waals surface area (Å²) < 4.78 is 11.0. The average molecular weight is 271 g/mol. The van der Waals surface area contributed by atoms with Crippen LogP contribution in [0.5, 0.6) is 11.5 Å². The molecule has 2 N–H and O–H groups in total. The average Bonchev–Trinajstić information content (AvgIpc) is 3.00. The van der Waals surface area contributed by atoms with Crippen LogP contribution in [0.2, 0.25) is 0 Å². The van der Waals surface area contributed by atoms with E-state index in [-0.39, 0.29) is 12.5 Å². The lowest BCUT2D eigenvalue weighted by Gasteiger charge is -2.24. The van der Waals surface area contributed by atoms with E-state index < -0.39 is 6.10 Å². The van der Waals surface area contributed by atoms with E-state index in [0.29, 0.717) is 11.5 Å². The van der Waals surface area contributed by atoms with Crippen LogP contribution in [-0.4, -0.2) is 29.8 Å². The Labute approximate surface area is 115 Å². The highest BCUT2D eigenvalue weighted by Gasteiger charge is 2.26. The lowest BCUT2D eigenvalue weighted by atomic mass is 10.2. The molecule has 0 bridgehead atoms. The van der Waals surface area contributed by atoms with E-state index in [2.05, 4.69) is 15.5 Å². The number of nitrogens with zero attached hydrogens (tertiary/aromatic N) is 1. The molecule has 0 saturated carbocycles. The first-order valence-electron chi connectivity index (χ1n) is 6.18. The van der Waals surface area contributed by atoms with Crippen LogP contribution in [0.4, 0.5) is 0 Å². The molecule has 0 radical (unpaired) electrons. The van der Waals surface area contributed by atoms with Gasteiger partial charge in [-0.3, -0.25) is 4.79 Å². The number of hydrazone groups is 1. The maximum Gasteiger partial charge on any atom is 0.284 e. The monoisotopic (exact) mass is 271 g/mol. The van der Waals surface area contributed by atoms with E-state index in [9.17, 15) is 4.79 Å². The second-order valence-corrected chi connectivity index (χ2v) is 4.22. The van der Waals surface area contributed by atoms with Gasteiger partial charge >= 0.3 is 0 Å². The van der Waals surface area contributed by atoms with Gasteiger partial charge < -0.3 is 14.5 Å². The lowest BCUT2D eigenvalue weighted by molar-refractivity contribution is -0.130. The lowest BCUT2D eigenvalue weighted by Crippen LogP contribution is -2.42. The number of para-hydroxylation sites is 2. The minimum Gasteiger partial charge on any atom is -0.485 e. The Morgan fingerprint density at radius 1 is 1.30 bits per heavy atom. The number of nitrogens with one attached hydrogen (secondary N) is 2. The molecule has 20 heavy (non-hydrogen) atoms. The molecule has 6 heteroatoms. The Balaban J connectivity index is 1.59. The van der Waals surface area contributed by atoms with Crippen LogP contribution < -0.4 is 14.9 Å². The molecule has 1 aromatic carbocycles. The van der Waals surface area contributed by atoms with Gasteiger partial charge in [-0.2, -0.15) is 5.10 Å². The molecule has 2 heterocycles. The van der Waals surface area contributed by atoms with Gasteiger partial charge in [0.2, 0.25) is 6.10 Å². The summed E-state index contributed by atoms with van der Waals surface area (Å²) >= 11 is 0. The topological polar surface area (TPSA) is 75.7 Å². The number of aromatic amines is 1. The molecule has 1 amide bonds. The first-order valence-corrected chi connectivity index (χ1v) is 6.18. The highest BCUT2D eigenvalue weighted by atomic mass is 16.6. The van der Waals surface area contributed by atoms with Crippen molar-refractivity contribution in [3.8, 4) is 11.5 Å². The Kier molecular flexibility index (Phi) is 3.36. The maximum atomic E-state index is 11.9. The fourth-order valence-electron chi connectivity index (χ4n) is 1.81. The smallest absolute Gasteiger partial charge is 0.284 e. The second kappa shape index (κ2) is 5.48. The molecule has 0 spiro atoms. The van der Waals surface area contributed by atoms with Crippen molar-refractivity contribution in [2.45, 2.75) is 6.10 Å². The van der Waals surface area contributed by atoms with Gasteiger partial charge in [0.25, 0.3) is 5.91 Å². The van der Waals surface area contributed by atoms with Crippen molar-refractivity contribution in [1.82, 2.24) is 10.4 Å². The van der Waals surface area contributed by atoms with E-state index in [1.165, 1.54) is 6.21 Å². The van der Waals surface area contributed by atoms with Gasteiger partial charge in [0.05, 0.1) is 11.9 Å². The highest BCUT2D eigenvalue weighted by Crippen LogP contribution is 2.30. The molecular weight excluding hydrogens is 258 g/mol. The van der Waals surface area contributed by atoms with Gasteiger partial charge in [0.1, 0.15) is 6.61 Å². The number of fused-ring (bicyclic) bond motifs is 1. The van der Waals surface area contributed by atoms with Crippen molar-refractivity contribution in [3.63, 3.8) is 0 Å². The fraction of sp³-hybridized carbons (Fsp3) is 0.143. The van der Waals surface area contributed by atoms with Crippen molar-refractivity contribution in [2.24, 2.45) is 5.10 Å². The van der Waals surface area contributed by atoms with Crippen LogP contribution in [-0.2, 0) is 4.79 Å². The predicted octanol–water partition coefficient (Wildman–Crippen LogP) is 1.30. The van der Waals surface area contributed by atoms with Crippen LogP contribution in [0.15, 0.2) is 47.7 Å². The van der Waals surface area contributed by atoms with Crippen molar-refractivity contribution >= 4 is 12.1 Å². The molecule has 0 unspecified atom stereocenters. The number of amides is 1. The molecule has 3 rings (SSSR count). The van der Waals surface area contributed by atoms with Gasteiger partial charge in [-0.25, -0.2) is 5.43 Å². The number of H-pyrrole nitrogens is 1. The standard InChI is InChI=1S/C14H13N3O3/c18-14(17-16-8-10-4-3-7-15-10)13-9-19-11-5-1-2-6-12(11)20-13/h1-8,13,15H,9H2,(H,17,18)/b16-8+/t13-/m0/s1. The third kappa shape index (κ3) is 2.64. The summed E-state index contributed by atoms with van der Waals surface area (Å²) in [6.07, 6.45) is 2.60. The summed E-state index contributed by atoms with van der Waals surface area (Å²) in [4.78, 5) is 14.8. The predicted molar refractivity (Wildman–Crippen MR) is 72.9 cm³/mol. The number of benzene rings is 1. The molecule has 1 aliphatic heterocycles. The molecule has 1 atom stereocenters. The number of hydrogen-bond donors (Lipinski definition) is 2. The van der Waals surface area contributed by atoms with Crippen molar-refractivity contribution in [2.75, 3.05) is 6.61 Å². The second-order valence-electron chi connectivity index (χ2n) is 4.22. The number of rotatable bonds is 3. The van der Waals surface area contributed by atoms with Gasteiger partial charge in [0.15, 0.2) is 11.5 Å². The minimum atomic E-state index is -0.703. The third-order valence-electron chi connectivity index (χ3n) is 2.80. The zero-order chi connectivity index (χ0) is 13.8. The molecule has 1 aliphatic rings. The third-order valence-corrected chi connectivity index (χ3v) is 2.80. The normalized spacial score (nSPS) is 17.1. The molecule has 0 aliphatic carbocycles.